The van der Waals surface area contributed by atoms with Crippen molar-refractivity contribution in [2.75, 3.05) is 4.72 Å². The monoisotopic (exact) mass is 312 g/mol. The number of nitrogens with one attached hydrogen (secondary N) is 1. The largest absolute Gasteiger partial charge is 0.390 e. The maximum Gasteiger partial charge on any atom is 0.263 e. The third-order valence-electron chi connectivity index (χ3n) is 3.14. The number of sulfonamides is 1. The van der Waals surface area contributed by atoms with E-state index in [-0.39, 0.29) is 17.5 Å². The van der Waals surface area contributed by atoms with Crippen LogP contribution in [0.5, 0.6) is 0 Å². The molecule has 2 aromatic heterocycles. The van der Waals surface area contributed by atoms with Gasteiger partial charge >= 0.3 is 0 Å². The minimum atomic E-state index is -3.69. The van der Waals surface area contributed by atoms with Crippen LogP contribution in [0.1, 0.15) is 32.5 Å². The molecule has 2 heterocycles. The van der Waals surface area contributed by atoms with Crippen LogP contribution in [0.3, 0.4) is 0 Å². The van der Waals surface area contributed by atoms with E-state index in [0.717, 1.165) is 0 Å². The number of aliphatic hydroxyl groups is 1. The molecule has 0 fully saturated rings. The molecule has 0 aliphatic heterocycles. The molecule has 0 aliphatic carbocycles. The Morgan fingerprint density at radius 2 is 2.10 bits per heavy atom. The maximum atomic E-state index is 12.4. The second-order valence-corrected chi connectivity index (χ2v) is 6.70. The van der Waals surface area contributed by atoms with Crippen LogP contribution in [0, 0.1) is 0 Å². The molecule has 0 saturated carbocycles. The van der Waals surface area contributed by atoms with E-state index in [9.17, 15) is 13.5 Å². The van der Waals surface area contributed by atoms with Crippen molar-refractivity contribution in [1.29, 1.82) is 0 Å². The van der Waals surface area contributed by atoms with E-state index < -0.39 is 10.0 Å². The van der Waals surface area contributed by atoms with Gasteiger partial charge in [0.05, 0.1) is 18.5 Å². The Kier molecular flexibility index (Phi) is 4.38. The van der Waals surface area contributed by atoms with Crippen molar-refractivity contribution < 1.29 is 13.5 Å². The lowest BCUT2D eigenvalue weighted by Crippen LogP contribution is -2.12. The third-order valence-corrected chi connectivity index (χ3v) is 4.49. The molecule has 2 N–H and O–H groups in total. The SMILES string of the molecule is CCn1cc(NS(=O)(=O)c2cc(CO)n(C(C)C)c2)cn1. The van der Waals surface area contributed by atoms with Gasteiger partial charge in [0.25, 0.3) is 10.0 Å². The van der Waals surface area contributed by atoms with Gasteiger partial charge in [-0.25, -0.2) is 8.42 Å². The van der Waals surface area contributed by atoms with Crippen molar-refractivity contribution in [2.24, 2.45) is 0 Å². The standard InChI is InChI=1S/C13H20N4O3S/c1-4-16-7-11(6-14-16)15-21(19,20)13-5-12(9-18)17(8-13)10(2)3/h5-8,10,15,18H,4,9H2,1-3H3. The van der Waals surface area contributed by atoms with Gasteiger partial charge in [0.2, 0.25) is 0 Å². The highest BCUT2D eigenvalue weighted by molar-refractivity contribution is 7.92. The summed E-state index contributed by atoms with van der Waals surface area (Å²) in [5.41, 5.74) is 0.981. The van der Waals surface area contributed by atoms with Crippen LogP contribution in [-0.4, -0.2) is 27.9 Å². The van der Waals surface area contributed by atoms with E-state index >= 15 is 0 Å². The highest BCUT2D eigenvalue weighted by atomic mass is 32.2. The van der Waals surface area contributed by atoms with Crippen LogP contribution >= 0.6 is 0 Å². The van der Waals surface area contributed by atoms with Crippen LogP contribution in [0.25, 0.3) is 0 Å². The zero-order chi connectivity index (χ0) is 15.6. The summed E-state index contributed by atoms with van der Waals surface area (Å²) in [6.45, 7) is 6.23. The number of anilines is 1. The third kappa shape index (κ3) is 3.27. The number of hydrogen-bond donors (Lipinski definition) is 2. The predicted molar refractivity (Wildman–Crippen MR) is 79.4 cm³/mol. The van der Waals surface area contributed by atoms with Crippen molar-refractivity contribution >= 4 is 15.7 Å². The Balaban J connectivity index is 2.31. The van der Waals surface area contributed by atoms with Crippen LogP contribution in [0.2, 0.25) is 0 Å². The highest BCUT2D eigenvalue weighted by Gasteiger charge is 2.20. The van der Waals surface area contributed by atoms with Gasteiger partial charge in [0.15, 0.2) is 0 Å². The van der Waals surface area contributed by atoms with Gasteiger partial charge in [-0.15, -0.1) is 0 Å². The Bertz CT molecular complexity index is 716. The number of hydrogen-bond acceptors (Lipinski definition) is 4. The summed E-state index contributed by atoms with van der Waals surface area (Å²) in [5.74, 6) is 0. The van der Waals surface area contributed by atoms with E-state index in [2.05, 4.69) is 9.82 Å². The summed E-state index contributed by atoms with van der Waals surface area (Å²) in [7, 11) is -3.69. The van der Waals surface area contributed by atoms with Gasteiger partial charge in [0, 0.05) is 30.7 Å². The molecule has 0 bridgehead atoms. The van der Waals surface area contributed by atoms with Gasteiger partial charge in [-0.05, 0) is 26.8 Å². The Hall–Kier alpha value is -1.80. The van der Waals surface area contributed by atoms with Crippen molar-refractivity contribution in [3.63, 3.8) is 0 Å². The predicted octanol–water partition coefficient (Wildman–Crippen LogP) is 1.58. The second kappa shape index (κ2) is 5.90. The molecule has 8 heteroatoms. The Morgan fingerprint density at radius 3 is 2.57 bits per heavy atom. The van der Waals surface area contributed by atoms with Gasteiger partial charge in [-0.1, -0.05) is 0 Å². The molecule has 0 saturated heterocycles. The van der Waals surface area contributed by atoms with E-state index in [0.29, 0.717) is 17.9 Å². The molecular weight excluding hydrogens is 292 g/mol. The molecule has 0 aromatic carbocycles. The molecule has 7 nitrogen and oxygen atoms in total. The van der Waals surface area contributed by atoms with Gasteiger partial charge < -0.3 is 9.67 Å². The Morgan fingerprint density at radius 1 is 1.38 bits per heavy atom. The van der Waals surface area contributed by atoms with Crippen LogP contribution in [-0.2, 0) is 23.2 Å². The van der Waals surface area contributed by atoms with Crippen molar-refractivity contribution in [2.45, 2.75) is 44.9 Å². The van der Waals surface area contributed by atoms with Crippen LogP contribution in [0.4, 0.5) is 5.69 Å². The van der Waals surface area contributed by atoms with Crippen molar-refractivity contribution in [1.82, 2.24) is 14.3 Å². The average molecular weight is 312 g/mol. The van der Waals surface area contributed by atoms with Crippen molar-refractivity contribution in [3.05, 3.63) is 30.4 Å². The molecule has 0 atom stereocenters. The molecule has 21 heavy (non-hydrogen) atoms. The molecule has 0 unspecified atom stereocenters. The van der Waals surface area contributed by atoms with Gasteiger partial charge in [-0.2, -0.15) is 5.10 Å². The quantitative estimate of drug-likeness (QED) is 0.847. The van der Waals surface area contributed by atoms with E-state index in [1.54, 1.807) is 15.4 Å². The molecule has 0 amide bonds. The van der Waals surface area contributed by atoms with Gasteiger partial charge in [-0.3, -0.25) is 9.40 Å². The number of aliphatic hydroxyl groups excluding tert-OH is 1. The fraction of sp³-hybridized carbons (Fsp3) is 0.462. The maximum absolute atomic E-state index is 12.4. The smallest absolute Gasteiger partial charge is 0.263 e. The lowest BCUT2D eigenvalue weighted by Gasteiger charge is -2.10. The minimum absolute atomic E-state index is 0.0685. The number of rotatable bonds is 6. The van der Waals surface area contributed by atoms with Crippen LogP contribution < -0.4 is 4.72 Å². The highest BCUT2D eigenvalue weighted by Crippen LogP contribution is 2.21. The van der Waals surface area contributed by atoms with Crippen LogP contribution in [0.15, 0.2) is 29.6 Å². The average Bonchev–Trinajstić information content (AvgIpc) is 3.04. The molecule has 0 aliphatic rings. The summed E-state index contributed by atoms with van der Waals surface area (Å²) in [4.78, 5) is 0.129. The van der Waals surface area contributed by atoms with Gasteiger partial charge in [0.1, 0.15) is 4.90 Å². The first-order chi connectivity index (χ1) is 9.87. The van der Waals surface area contributed by atoms with E-state index in [1.807, 2.05) is 20.8 Å². The van der Waals surface area contributed by atoms with E-state index in [4.69, 9.17) is 0 Å². The summed E-state index contributed by atoms with van der Waals surface area (Å²) in [6, 6.07) is 1.55. The number of aromatic nitrogens is 3. The lowest BCUT2D eigenvalue weighted by atomic mass is 10.3. The zero-order valence-corrected chi connectivity index (χ0v) is 13.1. The van der Waals surface area contributed by atoms with Crippen molar-refractivity contribution in [3.8, 4) is 0 Å². The number of nitrogens with zero attached hydrogens (tertiary/aromatic N) is 3. The summed E-state index contributed by atoms with van der Waals surface area (Å²) >= 11 is 0. The molecule has 0 radical (unpaired) electrons. The summed E-state index contributed by atoms with van der Waals surface area (Å²) in [5, 5.41) is 13.3. The first kappa shape index (κ1) is 15.6. The first-order valence-corrected chi connectivity index (χ1v) is 8.22. The summed E-state index contributed by atoms with van der Waals surface area (Å²) in [6.07, 6.45) is 4.63. The molecule has 2 aromatic rings. The first-order valence-electron chi connectivity index (χ1n) is 6.74. The van der Waals surface area contributed by atoms with E-state index in [1.165, 1.54) is 18.5 Å². The fourth-order valence-corrected chi connectivity index (χ4v) is 3.13. The Labute approximate surface area is 124 Å². The normalized spacial score (nSPS) is 12.0. The lowest BCUT2D eigenvalue weighted by molar-refractivity contribution is 0.268. The molecule has 2 rings (SSSR count). The number of aryl methyl sites for hydroxylation is 1. The second-order valence-electron chi connectivity index (χ2n) is 5.02. The fourth-order valence-electron chi connectivity index (χ4n) is 2.05. The molecular formula is C13H20N4O3S. The summed E-state index contributed by atoms with van der Waals surface area (Å²) < 4.78 is 30.6. The zero-order valence-electron chi connectivity index (χ0n) is 12.3. The molecule has 0 spiro atoms. The molecule has 116 valence electrons. The topological polar surface area (TPSA) is 89.1 Å². The minimum Gasteiger partial charge on any atom is -0.390 e.